The van der Waals surface area contributed by atoms with Crippen LogP contribution in [0.2, 0.25) is 0 Å². The van der Waals surface area contributed by atoms with Gasteiger partial charge < -0.3 is 15.2 Å². The van der Waals surface area contributed by atoms with E-state index in [0.29, 0.717) is 30.1 Å². The molecule has 2 aromatic rings. The van der Waals surface area contributed by atoms with Gasteiger partial charge in [-0.25, -0.2) is 9.61 Å². The number of rotatable bonds is 6. The third-order valence-corrected chi connectivity index (χ3v) is 4.34. The van der Waals surface area contributed by atoms with Crippen LogP contribution in [0.1, 0.15) is 35.8 Å². The first-order valence-electron chi connectivity index (χ1n) is 7.82. The van der Waals surface area contributed by atoms with Crippen molar-refractivity contribution < 1.29 is 19.3 Å². The molecule has 2 aromatic heterocycles. The molecule has 2 heterocycles. The van der Waals surface area contributed by atoms with Crippen LogP contribution in [-0.4, -0.2) is 39.5 Å². The summed E-state index contributed by atoms with van der Waals surface area (Å²) in [6.45, 7) is 1.74. The molecule has 1 aliphatic rings. The summed E-state index contributed by atoms with van der Waals surface area (Å²) in [5.74, 6) is 0.522. The van der Waals surface area contributed by atoms with Crippen LogP contribution in [0.4, 0.5) is 0 Å². The number of carbonyl (C=O) groups excluding carboxylic acids is 1. The van der Waals surface area contributed by atoms with E-state index in [4.69, 9.17) is 4.74 Å². The normalized spacial score (nSPS) is 21.0. The van der Waals surface area contributed by atoms with Crippen LogP contribution in [0.25, 0.3) is 0 Å². The minimum atomic E-state index is -0.303. The van der Waals surface area contributed by atoms with E-state index >= 15 is 0 Å². The van der Waals surface area contributed by atoms with Gasteiger partial charge in [0.2, 0.25) is 11.8 Å². The van der Waals surface area contributed by atoms with Gasteiger partial charge in [0.1, 0.15) is 11.4 Å². The number of amides is 1. The van der Waals surface area contributed by atoms with Gasteiger partial charge in [0.15, 0.2) is 0 Å². The molecule has 2 N–H and O–H groups in total. The summed E-state index contributed by atoms with van der Waals surface area (Å²) in [6, 6.07) is 3.43. The molecular weight excluding hydrogens is 312 g/mol. The Morgan fingerprint density at radius 2 is 2.25 bits per heavy atom. The number of aliphatic hydroxyl groups is 1. The molecule has 0 saturated heterocycles. The van der Waals surface area contributed by atoms with Crippen molar-refractivity contribution in [3.05, 3.63) is 35.3 Å². The highest BCUT2D eigenvalue weighted by Crippen LogP contribution is 2.38. The largest absolute Gasteiger partial charge is 0.481 e. The molecule has 3 rings (SSSR count). The SMILES string of the molecule is COc1ccc([C@H](NC(=O)Cc2nonc2C)C2CC(O)C2)cn1. The lowest BCUT2D eigenvalue weighted by Gasteiger charge is -2.38. The summed E-state index contributed by atoms with van der Waals surface area (Å²) in [4.78, 5) is 16.6. The summed E-state index contributed by atoms with van der Waals surface area (Å²) in [6.07, 6.45) is 2.80. The fourth-order valence-electron chi connectivity index (χ4n) is 2.86. The quantitative estimate of drug-likeness (QED) is 0.810. The van der Waals surface area contributed by atoms with Crippen LogP contribution < -0.4 is 10.1 Å². The monoisotopic (exact) mass is 332 g/mol. The highest BCUT2D eigenvalue weighted by Gasteiger charge is 2.36. The van der Waals surface area contributed by atoms with E-state index in [-0.39, 0.29) is 30.4 Å². The van der Waals surface area contributed by atoms with Gasteiger partial charge in [-0.3, -0.25) is 4.79 Å². The first kappa shape index (κ1) is 16.4. The average Bonchev–Trinajstić information content (AvgIpc) is 2.95. The summed E-state index contributed by atoms with van der Waals surface area (Å²) in [5, 5.41) is 20.0. The van der Waals surface area contributed by atoms with Crippen molar-refractivity contribution in [1.82, 2.24) is 20.6 Å². The fraction of sp³-hybridized carbons (Fsp3) is 0.500. The smallest absolute Gasteiger partial charge is 0.226 e. The van der Waals surface area contributed by atoms with Crippen LogP contribution in [0, 0.1) is 12.8 Å². The van der Waals surface area contributed by atoms with Crippen molar-refractivity contribution in [3.63, 3.8) is 0 Å². The van der Waals surface area contributed by atoms with E-state index in [1.807, 2.05) is 6.07 Å². The number of carbonyl (C=O) groups is 1. The van der Waals surface area contributed by atoms with E-state index in [2.05, 4.69) is 25.2 Å². The van der Waals surface area contributed by atoms with Crippen molar-refractivity contribution in [2.45, 2.75) is 38.3 Å². The Balaban J connectivity index is 1.72. The summed E-state index contributed by atoms with van der Waals surface area (Å²) >= 11 is 0. The Morgan fingerprint density at radius 1 is 1.46 bits per heavy atom. The molecule has 1 atom stereocenters. The minimum absolute atomic E-state index is 0.102. The van der Waals surface area contributed by atoms with Crippen LogP contribution in [0.5, 0.6) is 5.88 Å². The van der Waals surface area contributed by atoms with Crippen LogP contribution in [-0.2, 0) is 11.2 Å². The third-order valence-electron chi connectivity index (χ3n) is 4.34. The zero-order chi connectivity index (χ0) is 17.1. The molecule has 128 valence electrons. The van der Waals surface area contributed by atoms with Gasteiger partial charge in [0.05, 0.1) is 25.7 Å². The summed E-state index contributed by atoms with van der Waals surface area (Å²) < 4.78 is 9.69. The van der Waals surface area contributed by atoms with E-state index in [1.54, 1.807) is 26.3 Å². The molecule has 0 aromatic carbocycles. The number of ether oxygens (including phenoxy) is 1. The van der Waals surface area contributed by atoms with E-state index in [1.165, 1.54) is 0 Å². The van der Waals surface area contributed by atoms with Gasteiger partial charge in [-0.2, -0.15) is 0 Å². The second-order valence-corrected chi connectivity index (χ2v) is 6.04. The molecule has 0 aliphatic heterocycles. The summed E-state index contributed by atoms with van der Waals surface area (Å²) in [7, 11) is 1.55. The van der Waals surface area contributed by atoms with Gasteiger partial charge in [0.25, 0.3) is 0 Å². The lowest BCUT2D eigenvalue weighted by molar-refractivity contribution is -0.122. The highest BCUT2D eigenvalue weighted by atomic mass is 16.6. The van der Waals surface area contributed by atoms with Crippen molar-refractivity contribution in [2.75, 3.05) is 7.11 Å². The average molecular weight is 332 g/mol. The van der Waals surface area contributed by atoms with Crippen molar-refractivity contribution >= 4 is 5.91 Å². The molecule has 1 saturated carbocycles. The third kappa shape index (κ3) is 3.53. The predicted molar refractivity (Wildman–Crippen MR) is 83.1 cm³/mol. The molecular formula is C16H20N4O4. The standard InChI is InChI=1S/C16H20N4O4/c1-9-13(20-24-19-9)7-14(22)18-16(11-5-12(21)6-11)10-3-4-15(23-2)17-8-10/h3-4,8,11-12,16,21H,5-7H2,1-2H3,(H,18,22)/t11?,12?,16-/m0/s1. The van der Waals surface area contributed by atoms with E-state index < -0.39 is 0 Å². The number of aryl methyl sites for hydroxylation is 1. The van der Waals surface area contributed by atoms with Crippen molar-refractivity contribution in [2.24, 2.45) is 5.92 Å². The van der Waals surface area contributed by atoms with Gasteiger partial charge in [0, 0.05) is 12.3 Å². The molecule has 1 aliphatic carbocycles. The lowest BCUT2D eigenvalue weighted by atomic mass is 9.75. The first-order valence-corrected chi connectivity index (χ1v) is 7.82. The Kier molecular flexibility index (Phi) is 4.75. The number of pyridine rings is 1. The number of nitrogens with one attached hydrogen (secondary N) is 1. The zero-order valence-electron chi connectivity index (χ0n) is 13.6. The summed E-state index contributed by atoms with van der Waals surface area (Å²) in [5.41, 5.74) is 2.01. The maximum Gasteiger partial charge on any atom is 0.226 e. The van der Waals surface area contributed by atoms with Crippen LogP contribution >= 0.6 is 0 Å². The maximum atomic E-state index is 12.4. The first-order chi connectivity index (χ1) is 11.6. The number of hydrogen-bond acceptors (Lipinski definition) is 7. The second-order valence-electron chi connectivity index (χ2n) is 6.04. The zero-order valence-corrected chi connectivity index (χ0v) is 13.6. The van der Waals surface area contributed by atoms with Gasteiger partial charge in [-0.15, -0.1) is 0 Å². The Morgan fingerprint density at radius 3 is 2.79 bits per heavy atom. The number of methoxy groups -OCH3 is 1. The Hall–Kier alpha value is -2.48. The Bertz CT molecular complexity index is 694. The highest BCUT2D eigenvalue weighted by molar-refractivity contribution is 5.78. The molecule has 8 nitrogen and oxygen atoms in total. The lowest BCUT2D eigenvalue weighted by Crippen LogP contribution is -2.42. The molecule has 0 unspecified atom stereocenters. The number of nitrogens with zero attached hydrogens (tertiary/aromatic N) is 3. The molecule has 24 heavy (non-hydrogen) atoms. The number of aliphatic hydroxyl groups excluding tert-OH is 1. The predicted octanol–water partition coefficient (Wildman–Crippen LogP) is 0.953. The number of aromatic nitrogens is 3. The van der Waals surface area contributed by atoms with Gasteiger partial charge in [-0.1, -0.05) is 16.4 Å². The second kappa shape index (κ2) is 6.96. The molecule has 0 spiro atoms. The fourth-order valence-corrected chi connectivity index (χ4v) is 2.86. The van der Waals surface area contributed by atoms with Crippen LogP contribution in [0.3, 0.4) is 0 Å². The minimum Gasteiger partial charge on any atom is -0.481 e. The molecule has 0 bridgehead atoms. The topological polar surface area (TPSA) is 110 Å². The van der Waals surface area contributed by atoms with Gasteiger partial charge >= 0.3 is 0 Å². The van der Waals surface area contributed by atoms with Crippen molar-refractivity contribution in [3.8, 4) is 5.88 Å². The van der Waals surface area contributed by atoms with Gasteiger partial charge in [-0.05, 0) is 31.2 Å². The molecule has 1 amide bonds. The Labute approximate surface area is 139 Å². The van der Waals surface area contributed by atoms with E-state index in [0.717, 1.165) is 5.56 Å². The van der Waals surface area contributed by atoms with Crippen molar-refractivity contribution in [1.29, 1.82) is 0 Å². The molecule has 0 radical (unpaired) electrons. The maximum absolute atomic E-state index is 12.4. The number of hydrogen-bond donors (Lipinski definition) is 2. The molecule has 1 fully saturated rings. The van der Waals surface area contributed by atoms with Crippen LogP contribution in [0.15, 0.2) is 23.0 Å². The molecule has 8 heteroatoms. The van der Waals surface area contributed by atoms with E-state index in [9.17, 15) is 9.90 Å².